The van der Waals surface area contributed by atoms with E-state index in [2.05, 4.69) is 15.0 Å². The fourth-order valence-corrected chi connectivity index (χ4v) is 3.73. The van der Waals surface area contributed by atoms with E-state index < -0.39 is 5.97 Å². The first kappa shape index (κ1) is 15.9. The van der Waals surface area contributed by atoms with E-state index in [0.29, 0.717) is 17.1 Å². The number of rotatable bonds is 5. The Labute approximate surface area is 128 Å². The van der Waals surface area contributed by atoms with E-state index in [1.807, 2.05) is 7.05 Å². The summed E-state index contributed by atoms with van der Waals surface area (Å²) in [5, 5.41) is 15.5. The van der Waals surface area contributed by atoms with Crippen molar-refractivity contribution in [3.05, 3.63) is 11.3 Å². The number of nitrogens with zero attached hydrogens (tertiary/aromatic N) is 1. The number of hydrogen-bond acceptors (Lipinski definition) is 5. The van der Waals surface area contributed by atoms with Crippen molar-refractivity contribution in [1.29, 1.82) is 0 Å². The molecule has 2 rings (SSSR count). The van der Waals surface area contributed by atoms with Gasteiger partial charge in [0.2, 0.25) is 5.91 Å². The van der Waals surface area contributed by atoms with Crippen LogP contribution in [0.4, 0.5) is 5.00 Å². The van der Waals surface area contributed by atoms with Gasteiger partial charge in [0.1, 0.15) is 10.6 Å². The van der Waals surface area contributed by atoms with Gasteiger partial charge in [-0.3, -0.25) is 4.79 Å². The molecule has 1 amide bonds. The highest BCUT2D eigenvalue weighted by Crippen LogP contribution is 2.32. The van der Waals surface area contributed by atoms with Gasteiger partial charge in [0.15, 0.2) is 0 Å². The molecule has 0 unspecified atom stereocenters. The van der Waals surface area contributed by atoms with E-state index in [9.17, 15) is 9.59 Å². The van der Waals surface area contributed by atoms with Crippen LogP contribution >= 0.6 is 11.5 Å². The number of amides is 1. The highest BCUT2D eigenvalue weighted by molar-refractivity contribution is 7.11. The van der Waals surface area contributed by atoms with E-state index >= 15 is 0 Å². The first-order valence-electron chi connectivity index (χ1n) is 7.16. The van der Waals surface area contributed by atoms with Crippen molar-refractivity contribution >= 4 is 28.4 Å². The molecule has 7 heteroatoms. The lowest BCUT2D eigenvalue weighted by molar-refractivity contribution is -0.117. The van der Waals surface area contributed by atoms with Crippen LogP contribution in [0.1, 0.15) is 54.6 Å². The molecular weight excluding hydrogens is 290 g/mol. The number of carbonyl (C=O) groups is 2. The van der Waals surface area contributed by atoms with Gasteiger partial charge in [-0.25, -0.2) is 4.79 Å². The number of aromatic carboxylic acids is 1. The first-order chi connectivity index (χ1) is 9.97. The Bertz CT molecular complexity index is 536. The molecule has 0 radical (unpaired) electrons. The van der Waals surface area contributed by atoms with Gasteiger partial charge in [-0.15, -0.1) is 0 Å². The summed E-state index contributed by atoms with van der Waals surface area (Å²) in [7, 11) is 1.89. The lowest BCUT2D eigenvalue weighted by Crippen LogP contribution is -2.47. The van der Waals surface area contributed by atoms with Gasteiger partial charge >= 0.3 is 5.97 Å². The predicted molar refractivity (Wildman–Crippen MR) is 81.9 cm³/mol. The maximum Gasteiger partial charge on any atom is 0.340 e. The highest BCUT2D eigenvalue weighted by Gasteiger charge is 2.33. The summed E-state index contributed by atoms with van der Waals surface area (Å²) in [6.45, 7) is 1.63. The number of aromatic nitrogens is 1. The Hall–Kier alpha value is -1.47. The van der Waals surface area contributed by atoms with Gasteiger partial charge in [-0.05, 0) is 38.3 Å². The van der Waals surface area contributed by atoms with Crippen LogP contribution in [0.2, 0.25) is 0 Å². The molecule has 0 saturated heterocycles. The summed E-state index contributed by atoms with van der Waals surface area (Å²) < 4.78 is 4.01. The molecule has 6 nitrogen and oxygen atoms in total. The predicted octanol–water partition coefficient (Wildman–Crippen LogP) is 2.40. The normalized spacial score (nSPS) is 17.4. The standard InChI is InChI=1S/C14H21N3O3S/c1-9-11(13(19)20)12(21-17-9)16-10(18)8-14(15-2)6-4-3-5-7-14/h15H,3-8H2,1-2H3,(H,16,18)(H,19,20). The molecule has 0 atom stereocenters. The maximum absolute atomic E-state index is 12.3. The van der Waals surface area contributed by atoms with E-state index in [0.717, 1.165) is 37.2 Å². The van der Waals surface area contributed by atoms with Crippen molar-refractivity contribution in [2.75, 3.05) is 12.4 Å². The first-order valence-corrected chi connectivity index (χ1v) is 7.93. The number of carboxylic acid groups (broad SMARTS) is 1. The third kappa shape index (κ3) is 3.59. The van der Waals surface area contributed by atoms with Crippen LogP contribution in [0.5, 0.6) is 0 Å². The number of carboxylic acids is 1. The van der Waals surface area contributed by atoms with E-state index in [4.69, 9.17) is 5.11 Å². The third-order valence-electron chi connectivity index (χ3n) is 4.17. The van der Waals surface area contributed by atoms with Crippen molar-refractivity contribution < 1.29 is 14.7 Å². The van der Waals surface area contributed by atoms with Crippen molar-refractivity contribution in [3.8, 4) is 0 Å². The molecule has 0 spiro atoms. The summed E-state index contributed by atoms with van der Waals surface area (Å²) in [5.74, 6) is -1.21. The molecule has 21 heavy (non-hydrogen) atoms. The molecule has 0 aromatic carbocycles. The zero-order valence-corrected chi connectivity index (χ0v) is 13.2. The smallest absolute Gasteiger partial charge is 0.340 e. The molecule has 1 aliphatic rings. The summed E-state index contributed by atoms with van der Waals surface area (Å²) in [6, 6.07) is 0. The van der Waals surface area contributed by atoms with Gasteiger partial charge in [0.05, 0.1) is 5.69 Å². The lowest BCUT2D eigenvalue weighted by Gasteiger charge is -2.36. The van der Waals surface area contributed by atoms with Crippen LogP contribution < -0.4 is 10.6 Å². The van der Waals surface area contributed by atoms with E-state index in [1.165, 1.54) is 6.42 Å². The number of hydrogen-bond donors (Lipinski definition) is 3. The van der Waals surface area contributed by atoms with Crippen LogP contribution in [0.15, 0.2) is 0 Å². The zero-order chi connectivity index (χ0) is 15.5. The van der Waals surface area contributed by atoms with Gasteiger partial charge < -0.3 is 15.7 Å². The van der Waals surface area contributed by atoms with Crippen molar-refractivity contribution in [1.82, 2.24) is 9.69 Å². The molecule has 1 saturated carbocycles. The number of carbonyl (C=O) groups excluding carboxylic acids is 1. The van der Waals surface area contributed by atoms with Gasteiger partial charge in [0, 0.05) is 12.0 Å². The Kier molecular flexibility index (Phi) is 4.95. The highest BCUT2D eigenvalue weighted by atomic mass is 32.1. The molecule has 1 aromatic heterocycles. The van der Waals surface area contributed by atoms with Crippen molar-refractivity contribution in [2.45, 2.75) is 51.0 Å². The topological polar surface area (TPSA) is 91.3 Å². The summed E-state index contributed by atoms with van der Waals surface area (Å²) >= 11 is 1.02. The number of anilines is 1. The minimum absolute atomic E-state index is 0.0931. The molecule has 0 aliphatic heterocycles. The number of aryl methyl sites for hydroxylation is 1. The largest absolute Gasteiger partial charge is 0.478 e. The second-order valence-electron chi connectivity index (χ2n) is 5.59. The van der Waals surface area contributed by atoms with E-state index in [-0.39, 0.29) is 17.0 Å². The van der Waals surface area contributed by atoms with Crippen molar-refractivity contribution in [3.63, 3.8) is 0 Å². The lowest BCUT2D eigenvalue weighted by atomic mass is 9.79. The van der Waals surface area contributed by atoms with Gasteiger partial charge in [-0.1, -0.05) is 19.3 Å². The average molecular weight is 311 g/mol. The average Bonchev–Trinajstić information content (AvgIpc) is 2.80. The zero-order valence-electron chi connectivity index (χ0n) is 12.4. The minimum atomic E-state index is -1.06. The molecule has 116 valence electrons. The summed E-state index contributed by atoms with van der Waals surface area (Å²) in [4.78, 5) is 23.5. The third-order valence-corrected chi connectivity index (χ3v) is 5.02. The number of nitrogens with one attached hydrogen (secondary N) is 2. The van der Waals surface area contributed by atoms with Crippen LogP contribution in [0.3, 0.4) is 0 Å². The molecule has 0 bridgehead atoms. The molecule has 1 heterocycles. The Balaban J connectivity index is 2.06. The molecular formula is C14H21N3O3S. The maximum atomic E-state index is 12.3. The molecule has 1 aliphatic carbocycles. The molecule has 1 aromatic rings. The van der Waals surface area contributed by atoms with E-state index in [1.54, 1.807) is 6.92 Å². The quantitative estimate of drug-likeness (QED) is 0.776. The van der Waals surface area contributed by atoms with Crippen LogP contribution in [-0.2, 0) is 4.79 Å². The van der Waals surface area contributed by atoms with Gasteiger partial charge in [0.25, 0.3) is 0 Å². The minimum Gasteiger partial charge on any atom is -0.478 e. The summed E-state index contributed by atoms with van der Waals surface area (Å²) in [6.07, 6.45) is 5.76. The Morgan fingerprint density at radius 2 is 2.00 bits per heavy atom. The molecule has 3 N–H and O–H groups in total. The molecule has 1 fully saturated rings. The fourth-order valence-electron chi connectivity index (χ4n) is 2.93. The van der Waals surface area contributed by atoms with Crippen LogP contribution in [0, 0.1) is 6.92 Å². The Morgan fingerprint density at radius 3 is 2.57 bits per heavy atom. The SMILES string of the molecule is CNC1(CC(=O)Nc2snc(C)c2C(=O)O)CCCCC1. The van der Waals surface area contributed by atoms with Crippen LogP contribution in [0.25, 0.3) is 0 Å². The van der Waals surface area contributed by atoms with Crippen LogP contribution in [-0.4, -0.2) is 33.9 Å². The summed E-state index contributed by atoms with van der Waals surface area (Å²) in [5.41, 5.74) is 0.366. The Morgan fingerprint density at radius 1 is 1.33 bits per heavy atom. The van der Waals surface area contributed by atoms with Gasteiger partial charge in [-0.2, -0.15) is 4.37 Å². The second-order valence-corrected chi connectivity index (χ2v) is 6.37. The fraction of sp³-hybridized carbons (Fsp3) is 0.643. The van der Waals surface area contributed by atoms with Crippen molar-refractivity contribution in [2.24, 2.45) is 0 Å². The second kappa shape index (κ2) is 6.53. The monoisotopic (exact) mass is 311 g/mol.